The molecule has 1 saturated heterocycles. The summed E-state index contributed by atoms with van der Waals surface area (Å²) in [6.45, 7) is 3.84. The van der Waals surface area contributed by atoms with Gasteiger partial charge in [-0.1, -0.05) is 60.5 Å². The number of aromatic nitrogens is 2. The first-order valence-electron chi connectivity index (χ1n) is 11.2. The Labute approximate surface area is 188 Å². The van der Waals surface area contributed by atoms with Crippen molar-refractivity contribution in [2.75, 3.05) is 31.1 Å². The van der Waals surface area contributed by atoms with Crippen molar-refractivity contribution >= 4 is 23.2 Å². The van der Waals surface area contributed by atoms with Crippen LogP contribution in [0.5, 0.6) is 0 Å². The third-order valence-electron chi connectivity index (χ3n) is 6.36. The molecule has 6 heteroatoms. The molecule has 0 spiro atoms. The van der Waals surface area contributed by atoms with Crippen LogP contribution in [0.1, 0.15) is 35.4 Å². The first kappa shape index (κ1) is 20.1. The summed E-state index contributed by atoms with van der Waals surface area (Å²) in [6.07, 6.45) is 4.36. The molecule has 1 aromatic heterocycles. The molecular weight excluding hydrogens is 408 g/mol. The van der Waals surface area contributed by atoms with Crippen molar-refractivity contribution in [3.63, 3.8) is 0 Å². The number of piperazine rings is 1. The van der Waals surface area contributed by atoms with Crippen LogP contribution in [0, 0.1) is 0 Å². The lowest BCUT2D eigenvalue weighted by Crippen LogP contribution is -2.49. The summed E-state index contributed by atoms with van der Waals surface area (Å²) in [5.41, 5.74) is 3.87. The average molecular weight is 435 g/mol. The number of hydrogen-bond donors (Lipinski definition) is 0. The van der Waals surface area contributed by atoms with E-state index in [0.717, 1.165) is 66.7 Å². The number of rotatable bonds is 3. The molecule has 2 aliphatic heterocycles. The lowest BCUT2D eigenvalue weighted by molar-refractivity contribution is 0.0740. The highest BCUT2D eigenvalue weighted by Crippen LogP contribution is 2.29. The van der Waals surface area contributed by atoms with Crippen LogP contribution in [-0.2, 0) is 13.0 Å². The van der Waals surface area contributed by atoms with E-state index >= 15 is 0 Å². The first-order chi connectivity index (χ1) is 15.2. The minimum atomic E-state index is 0.0617. The van der Waals surface area contributed by atoms with Crippen LogP contribution in [0.25, 0.3) is 11.4 Å². The normalized spacial score (nSPS) is 16.7. The van der Waals surface area contributed by atoms with E-state index in [1.54, 1.807) is 0 Å². The molecule has 0 bridgehead atoms. The molecule has 3 heterocycles. The maximum Gasteiger partial charge on any atom is 0.274 e. The molecule has 1 amide bonds. The zero-order chi connectivity index (χ0) is 21.2. The number of anilines is 1. The topological polar surface area (TPSA) is 41.4 Å². The van der Waals surface area contributed by atoms with Crippen LogP contribution >= 0.6 is 11.6 Å². The molecule has 2 aromatic carbocycles. The van der Waals surface area contributed by atoms with Crippen molar-refractivity contribution in [1.29, 1.82) is 0 Å². The second kappa shape index (κ2) is 8.75. The summed E-state index contributed by atoms with van der Waals surface area (Å²) in [4.78, 5) is 22.7. The van der Waals surface area contributed by atoms with Gasteiger partial charge >= 0.3 is 0 Å². The van der Waals surface area contributed by atoms with E-state index in [1.165, 1.54) is 6.42 Å². The van der Waals surface area contributed by atoms with Gasteiger partial charge in [0.05, 0.1) is 16.4 Å². The number of carbonyl (C=O) groups excluding carboxylic acids is 1. The van der Waals surface area contributed by atoms with Gasteiger partial charge in [0.15, 0.2) is 0 Å². The smallest absolute Gasteiger partial charge is 0.274 e. The van der Waals surface area contributed by atoms with Crippen molar-refractivity contribution < 1.29 is 4.79 Å². The van der Waals surface area contributed by atoms with E-state index in [0.29, 0.717) is 18.8 Å². The molecule has 31 heavy (non-hydrogen) atoms. The Bertz CT molecular complexity index is 1070. The van der Waals surface area contributed by atoms with E-state index < -0.39 is 0 Å². The lowest BCUT2D eigenvalue weighted by atomic mass is 10.1. The molecule has 0 saturated carbocycles. The van der Waals surface area contributed by atoms with Crippen molar-refractivity contribution in [1.82, 2.24) is 14.5 Å². The lowest BCUT2D eigenvalue weighted by Gasteiger charge is -2.36. The molecule has 0 N–H and O–H groups in total. The van der Waals surface area contributed by atoms with Crippen LogP contribution in [0.15, 0.2) is 54.6 Å². The molecule has 3 aromatic rings. The third kappa shape index (κ3) is 3.94. The summed E-state index contributed by atoms with van der Waals surface area (Å²) in [7, 11) is 0. The van der Waals surface area contributed by atoms with Crippen molar-refractivity contribution in [2.24, 2.45) is 0 Å². The Morgan fingerprint density at radius 1 is 0.839 bits per heavy atom. The number of imidazole rings is 1. The van der Waals surface area contributed by atoms with E-state index in [2.05, 4.69) is 21.6 Å². The third-order valence-corrected chi connectivity index (χ3v) is 6.68. The van der Waals surface area contributed by atoms with Crippen LogP contribution in [0.2, 0.25) is 5.02 Å². The van der Waals surface area contributed by atoms with Crippen LogP contribution < -0.4 is 4.90 Å². The monoisotopic (exact) mass is 434 g/mol. The summed E-state index contributed by atoms with van der Waals surface area (Å²) >= 11 is 6.37. The summed E-state index contributed by atoms with van der Waals surface area (Å²) in [5.74, 6) is 0.988. The van der Waals surface area contributed by atoms with Gasteiger partial charge < -0.3 is 14.4 Å². The molecule has 0 radical (unpaired) electrons. The van der Waals surface area contributed by atoms with Crippen LogP contribution in [0.4, 0.5) is 5.69 Å². The Balaban J connectivity index is 1.40. The molecule has 160 valence electrons. The molecule has 1 fully saturated rings. The minimum Gasteiger partial charge on any atom is -0.367 e. The zero-order valence-electron chi connectivity index (χ0n) is 17.6. The number of benzene rings is 2. The van der Waals surface area contributed by atoms with Gasteiger partial charge in [0.2, 0.25) is 0 Å². The van der Waals surface area contributed by atoms with E-state index in [1.807, 2.05) is 47.4 Å². The fourth-order valence-corrected chi connectivity index (χ4v) is 4.96. The van der Waals surface area contributed by atoms with Crippen LogP contribution in [-0.4, -0.2) is 46.5 Å². The van der Waals surface area contributed by atoms with Gasteiger partial charge in [-0.3, -0.25) is 4.79 Å². The number of nitrogens with zero attached hydrogens (tertiary/aromatic N) is 4. The first-order valence-corrected chi connectivity index (χ1v) is 11.5. The van der Waals surface area contributed by atoms with Gasteiger partial charge in [-0.05, 0) is 31.4 Å². The van der Waals surface area contributed by atoms with Gasteiger partial charge in [0.25, 0.3) is 5.91 Å². The number of hydrogen-bond acceptors (Lipinski definition) is 3. The molecule has 2 aliphatic rings. The summed E-state index contributed by atoms with van der Waals surface area (Å²) in [6, 6.07) is 18.1. The second-order valence-electron chi connectivity index (χ2n) is 8.29. The second-order valence-corrected chi connectivity index (χ2v) is 8.70. The minimum absolute atomic E-state index is 0.0617. The van der Waals surface area contributed by atoms with E-state index in [-0.39, 0.29) is 5.91 Å². The molecule has 0 unspecified atom stereocenters. The van der Waals surface area contributed by atoms with Gasteiger partial charge in [-0.2, -0.15) is 0 Å². The highest BCUT2D eigenvalue weighted by molar-refractivity contribution is 6.33. The molecule has 5 nitrogen and oxygen atoms in total. The average Bonchev–Trinajstić information content (AvgIpc) is 3.00. The van der Waals surface area contributed by atoms with Crippen LogP contribution in [0.3, 0.4) is 0 Å². The summed E-state index contributed by atoms with van der Waals surface area (Å²) < 4.78 is 2.29. The fourth-order valence-electron chi connectivity index (χ4n) is 4.71. The van der Waals surface area contributed by atoms with Crippen molar-refractivity contribution in [3.8, 4) is 11.4 Å². The SMILES string of the molecule is O=C(c1nc(-c2ccccc2)n2c1CCCCC2)N1CCN(c2ccccc2Cl)CC1. The highest BCUT2D eigenvalue weighted by Gasteiger charge is 2.29. The maximum atomic E-state index is 13.5. The highest BCUT2D eigenvalue weighted by atomic mass is 35.5. The number of halogens is 1. The number of amides is 1. The maximum absolute atomic E-state index is 13.5. The Morgan fingerprint density at radius 3 is 2.35 bits per heavy atom. The number of carbonyl (C=O) groups is 1. The Morgan fingerprint density at radius 2 is 1.58 bits per heavy atom. The van der Waals surface area contributed by atoms with Gasteiger partial charge in [0, 0.05) is 38.3 Å². The van der Waals surface area contributed by atoms with E-state index in [9.17, 15) is 4.79 Å². The fraction of sp³-hybridized carbons (Fsp3) is 0.360. The predicted octanol–water partition coefficient (Wildman–Crippen LogP) is 4.89. The quantitative estimate of drug-likeness (QED) is 0.589. The van der Waals surface area contributed by atoms with Gasteiger partial charge in [0.1, 0.15) is 11.5 Å². The van der Waals surface area contributed by atoms with Crippen molar-refractivity contribution in [2.45, 2.75) is 32.2 Å². The zero-order valence-corrected chi connectivity index (χ0v) is 18.4. The standard InChI is InChI=1S/C25H27ClN4O/c26-20-11-6-7-12-21(20)28-15-17-29(18-16-28)25(31)23-22-13-5-2-8-14-30(22)24(27-23)19-9-3-1-4-10-19/h1,3-4,6-7,9-12H,2,5,8,13-18H2. The molecule has 0 atom stereocenters. The molecule has 5 rings (SSSR count). The number of para-hydroxylation sites is 1. The molecule has 0 aliphatic carbocycles. The predicted molar refractivity (Wildman–Crippen MR) is 125 cm³/mol. The number of fused-ring (bicyclic) bond motifs is 1. The van der Waals surface area contributed by atoms with Crippen molar-refractivity contribution in [3.05, 3.63) is 71.0 Å². The summed E-state index contributed by atoms with van der Waals surface area (Å²) in [5, 5.41) is 0.759. The van der Waals surface area contributed by atoms with Gasteiger partial charge in [-0.15, -0.1) is 0 Å². The van der Waals surface area contributed by atoms with E-state index in [4.69, 9.17) is 16.6 Å². The van der Waals surface area contributed by atoms with Gasteiger partial charge in [-0.25, -0.2) is 4.98 Å². The Kier molecular flexibility index (Phi) is 5.68. The Hall–Kier alpha value is -2.79. The molecular formula is C25H27ClN4O. The largest absolute Gasteiger partial charge is 0.367 e.